The molecule has 1 unspecified atom stereocenters. The van der Waals surface area contributed by atoms with Crippen molar-refractivity contribution in [3.8, 4) is 11.1 Å². The topological polar surface area (TPSA) is 100 Å². The summed E-state index contributed by atoms with van der Waals surface area (Å²) in [6, 6.07) is 23.0. The van der Waals surface area contributed by atoms with Crippen molar-refractivity contribution in [2.75, 3.05) is 18.4 Å². The lowest BCUT2D eigenvalue weighted by Crippen LogP contribution is -2.43. The molecule has 1 saturated heterocycles. The molecule has 0 saturated carbocycles. The third kappa shape index (κ3) is 5.11. The summed E-state index contributed by atoms with van der Waals surface area (Å²) in [4.78, 5) is 30.7. The maximum absolute atomic E-state index is 13.1. The van der Waals surface area contributed by atoms with Crippen LogP contribution in [0.2, 0.25) is 0 Å². The van der Waals surface area contributed by atoms with E-state index in [4.69, 9.17) is 10.5 Å². The number of H-pyrrole nitrogens is 1. The molecule has 4 aromatic rings. The van der Waals surface area contributed by atoms with E-state index in [-0.39, 0.29) is 12.5 Å². The van der Waals surface area contributed by atoms with Gasteiger partial charge in [0, 0.05) is 29.3 Å². The SMILES string of the molecule is NCCc1c[nH]c2ccc(-c3cccc(NC(=O)C4CCCN4C(=O)OCc4ccccc4)c3)cc12. The van der Waals surface area contributed by atoms with Crippen LogP contribution in [0.25, 0.3) is 22.0 Å². The lowest BCUT2D eigenvalue weighted by Gasteiger charge is -2.23. The van der Waals surface area contributed by atoms with Crippen LogP contribution >= 0.6 is 0 Å². The van der Waals surface area contributed by atoms with Gasteiger partial charge < -0.3 is 20.8 Å². The predicted molar refractivity (Wildman–Crippen MR) is 141 cm³/mol. The molecule has 0 aliphatic carbocycles. The van der Waals surface area contributed by atoms with Crippen molar-refractivity contribution >= 4 is 28.6 Å². The van der Waals surface area contributed by atoms with Gasteiger partial charge in [-0.3, -0.25) is 9.69 Å². The standard InChI is InChI=1S/C29H30N4O3/c30-14-13-23-18-31-26-12-11-22(17-25(23)26)21-8-4-9-24(16-21)32-28(34)27-10-5-15-33(27)29(35)36-19-20-6-2-1-3-7-20/h1-4,6-9,11-12,16-18,27,31H,5,10,13-15,19,30H2,(H,32,34). The lowest BCUT2D eigenvalue weighted by atomic mass is 10.0. The van der Waals surface area contributed by atoms with Gasteiger partial charge in [-0.15, -0.1) is 0 Å². The number of fused-ring (bicyclic) bond motifs is 1. The fourth-order valence-corrected chi connectivity index (χ4v) is 4.78. The number of hydrogen-bond donors (Lipinski definition) is 3. The highest BCUT2D eigenvalue weighted by atomic mass is 16.6. The number of benzene rings is 3. The number of ether oxygens (including phenoxy) is 1. The lowest BCUT2D eigenvalue weighted by molar-refractivity contribution is -0.120. The summed E-state index contributed by atoms with van der Waals surface area (Å²) in [7, 11) is 0. The fourth-order valence-electron chi connectivity index (χ4n) is 4.78. The number of nitrogens with two attached hydrogens (primary N) is 1. The highest BCUT2D eigenvalue weighted by Gasteiger charge is 2.35. The molecule has 0 radical (unpaired) electrons. The maximum Gasteiger partial charge on any atom is 0.410 e. The van der Waals surface area contributed by atoms with Gasteiger partial charge in [-0.25, -0.2) is 4.79 Å². The van der Waals surface area contributed by atoms with Gasteiger partial charge in [0.2, 0.25) is 5.91 Å². The second kappa shape index (κ2) is 10.7. The summed E-state index contributed by atoms with van der Waals surface area (Å²) in [6.45, 7) is 1.29. The first-order valence-corrected chi connectivity index (χ1v) is 12.3. The van der Waals surface area contributed by atoms with Crippen LogP contribution in [0, 0.1) is 0 Å². The Kier molecular flexibility index (Phi) is 7.00. The van der Waals surface area contributed by atoms with Crippen LogP contribution in [-0.2, 0) is 22.6 Å². The molecule has 0 bridgehead atoms. The normalized spacial score (nSPS) is 15.2. The molecule has 2 amide bonds. The zero-order chi connectivity index (χ0) is 24.9. The van der Waals surface area contributed by atoms with Gasteiger partial charge in [0.25, 0.3) is 0 Å². The Morgan fingerprint density at radius 2 is 1.86 bits per heavy atom. The number of aromatic amines is 1. The number of amides is 2. The van der Waals surface area contributed by atoms with Crippen LogP contribution in [0.5, 0.6) is 0 Å². The molecule has 3 aromatic carbocycles. The number of rotatable bonds is 7. The van der Waals surface area contributed by atoms with E-state index in [1.165, 1.54) is 10.5 Å². The van der Waals surface area contributed by atoms with E-state index < -0.39 is 12.1 Å². The summed E-state index contributed by atoms with van der Waals surface area (Å²) in [5.41, 5.74) is 11.7. The molecule has 1 aliphatic heterocycles. The third-order valence-corrected chi connectivity index (χ3v) is 6.64. The number of carbonyl (C=O) groups excluding carboxylic acids is 2. The molecular formula is C29H30N4O3. The summed E-state index contributed by atoms with van der Waals surface area (Å²) >= 11 is 0. The number of hydrogen-bond acceptors (Lipinski definition) is 4. The van der Waals surface area contributed by atoms with Crippen molar-refractivity contribution < 1.29 is 14.3 Å². The number of aromatic nitrogens is 1. The molecule has 36 heavy (non-hydrogen) atoms. The van der Waals surface area contributed by atoms with Gasteiger partial charge in [0.15, 0.2) is 0 Å². The van der Waals surface area contributed by atoms with Gasteiger partial charge >= 0.3 is 6.09 Å². The van der Waals surface area contributed by atoms with E-state index in [1.807, 2.05) is 60.8 Å². The zero-order valence-electron chi connectivity index (χ0n) is 20.1. The minimum absolute atomic E-state index is 0.186. The maximum atomic E-state index is 13.1. The van der Waals surface area contributed by atoms with E-state index in [0.29, 0.717) is 25.2 Å². The molecule has 2 heterocycles. The van der Waals surface area contributed by atoms with Crippen LogP contribution in [-0.4, -0.2) is 41.0 Å². The number of nitrogens with zero attached hydrogens (tertiary/aromatic N) is 1. The quantitative estimate of drug-likeness (QED) is 0.342. The highest BCUT2D eigenvalue weighted by Crippen LogP contribution is 2.29. The van der Waals surface area contributed by atoms with E-state index in [1.54, 1.807) is 0 Å². The van der Waals surface area contributed by atoms with Gasteiger partial charge in [0.1, 0.15) is 12.6 Å². The summed E-state index contributed by atoms with van der Waals surface area (Å²) in [6.07, 6.45) is 3.74. The van der Waals surface area contributed by atoms with Crippen molar-refractivity contribution in [1.29, 1.82) is 0 Å². The first kappa shape index (κ1) is 23.6. The van der Waals surface area contributed by atoms with Crippen molar-refractivity contribution in [2.24, 2.45) is 5.73 Å². The first-order valence-electron chi connectivity index (χ1n) is 12.3. The Labute approximate surface area is 210 Å². The Morgan fingerprint density at radius 1 is 1.03 bits per heavy atom. The van der Waals surface area contributed by atoms with Gasteiger partial charge in [0.05, 0.1) is 0 Å². The largest absolute Gasteiger partial charge is 0.445 e. The number of carbonyl (C=O) groups is 2. The third-order valence-electron chi connectivity index (χ3n) is 6.64. The number of nitrogens with one attached hydrogen (secondary N) is 2. The molecule has 4 N–H and O–H groups in total. The molecule has 184 valence electrons. The molecule has 1 fully saturated rings. The van der Waals surface area contributed by atoms with Crippen molar-refractivity contribution in [2.45, 2.75) is 31.9 Å². The van der Waals surface area contributed by atoms with Crippen LogP contribution < -0.4 is 11.1 Å². The van der Waals surface area contributed by atoms with Gasteiger partial charge in [-0.2, -0.15) is 0 Å². The Morgan fingerprint density at radius 3 is 2.69 bits per heavy atom. The Balaban J connectivity index is 1.27. The van der Waals surface area contributed by atoms with Crippen LogP contribution in [0.1, 0.15) is 24.0 Å². The van der Waals surface area contributed by atoms with Crippen molar-refractivity contribution in [3.63, 3.8) is 0 Å². The molecule has 7 nitrogen and oxygen atoms in total. The zero-order valence-corrected chi connectivity index (χ0v) is 20.1. The Bertz CT molecular complexity index is 1370. The van der Waals surface area contributed by atoms with Crippen molar-refractivity contribution in [1.82, 2.24) is 9.88 Å². The van der Waals surface area contributed by atoms with E-state index in [2.05, 4.69) is 28.5 Å². The molecule has 1 atom stereocenters. The van der Waals surface area contributed by atoms with Crippen LogP contribution in [0.3, 0.4) is 0 Å². The molecule has 0 spiro atoms. The summed E-state index contributed by atoms with van der Waals surface area (Å²) < 4.78 is 5.47. The van der Waals surface area contributed by atoms with E-state index in [0.717, 1.165) is 40.4 Å². The smallest absolute Gasteiger partial charge is 0.410 e. The van der Waals surface area contributed by atoms with Crippen LogP contribution in [0.15, 0.2) is 79.0 Å². The average Bonchev–Trinajstić information content (AvgIpc) is 3.56. The predicted octanol–water partition coefficient (Wildman–Crippen LogP) is 5.08. The van der Waals surface area contributed by atoms with E-state index >= 15 is 0 Å². The first-order chi connectivity index (χ1) is 17.6. The second-order valence-electron chi connectivity index (χ2n) is 9.07. The Hall–Kier alpha value is -4.10. The molecule has 7 heteroatoms. The fraction of sp³-hybridized carbons (Fsp3) is 0.241. The number of anilines is 1. The minimum Gasteiger partial charge on any atom is -0.445 e. The molecule has 1 aromatic heterocycles. The van der Waals surface area contributed by atoms with Crippen LogP contribution in [0.4, 0.5) is 10.5 Å². The van der Waals surface area contributed by atoms with E-state index in [9.17, 15) is 9.59 Å². The average molecular weight is 483 g/mol. The molecular weight excluding hydrogens is 452 g/mol. The second-order valence-corrected chi connectivity index (χ2v) is 9.07. The highest BCUT2D eigenvalue weighted by molar-refractivity contribution is 5.97. The molecule has 5 rings (SSSR count). The van der Waals surface area contributed by atoms with Gasteiger partial charge in [-0.05, 0) is 72.3 Å². The van der Waals surface area contributed by atoms with Gasteiger partial charge in [-0.1, -0.05) is 48.5 Å². The monoisotopic (exact) mass is 482 g/mol. The summed E-state index contributed by atoms with van der Waals surface area (Å²) in [5, 5.41) is 4.16. The number of likely N-dealkylation sites (tertiary alicyclic amines) is 1. The molecule has 1 aliphatic rings. The van der Waals surface area contributed by atoms with Crippen molar-refractivity contribution in [3.05, 3.63) is 90.1 Å². The summed E-state index contributed by atoms with van der Waals surface area (Å²) in [5.74, 6) is -0.201. The minimum atomic E-state index is -0.549.